The van der Waals surface area contributed by atoms with Crippen LogP contribution in [0.1, 0.15) is 102 Å². The molecular weight excluding hydrogens is 795 g/mol. The Morgan fingerprint density at radius 3 is 2.07 bits per heavy atom. The number of hydrogen-bond acceptors (Lipinski definition) is 9. The van der Waals surface area contributed by atoms with Crippen LogP contribution in [0.15, 0.2) is 107 Å². The van der Waals surface area contributed by atoms with Gasteiger partial charge in [-0.15, -0.1) is 11.8 Å². The van der Waals surface area contributed by atoms with E-state index >= 15 is 0 Å². The second-order valence-corrected chi connectivity index (χ2v) is 16.2. The van der Waals surface area contributed by atoms with Crippen LogP contribution in [-0.4, -0.2) is 46.5 Å². The van der Waals surface area contributed by atoms with E-state index in [1.165, 1.54) is 24.2 Å². The minimum Gasteiger partial charge on any atom is -0.474 e. The first-order chi connectivity index (χ1) is 27.7. The lowest BCUT2D eigenvalue weighted by Gasteiger charge is -2.23. The Hall–Kier alpha value is -4.94. The van der Waals surface area contributed by atoms with Gasteiger partial charge in [-0.3, -0.25) is 4.98 Å². The van der Waals surface area contributed by atoms with Crippen LogP contribution >= 0.6 is 27.7 Å². The molecule has 1 aliphatic rings. The number of rotatable bonds is 11. The van der Waals surface area contributed by atoms with Crippen molar-refractivity contribution in [2.75, 3.05) is 16.9 Å². The molecule has 5 heterocycles. The number of pyridine rings is 1. The molecule has 0 radical (unpaired) electrons. The van der Waals surface area contributed by atoms with Crippen LogP contribution in [0.2, 0.25) is 0 Å². The Balaban J connectivity index is 0.000000185. The molecule has 0 aliphatic heterocycles. The van der Waals surface area contributed by atoms with Gasteiger partial charge in [0.2, 0.25) is 5.88 Å². The van der Waals surface area contributed by atoms with E-state index in [9.17, 15) is 0 Å². The highest BCUT2D eigenvalue weighted by atomic mass is 79.9. The van der Waals surface area contributed by atoms with Crippen LogP contribution in [0.4, 0.5) is 17.3 Å². The second-order valence-electron chi connectivity index (χ2n) is 14.4. The fourth-order valence-corrected chi connectivity index (χ4v) is 7.50. The molecule has 10 nitrogen and oxygen atoms in total. The van der Waals surface area contributed by atoms with E-state index < -0.39 is 0 Å². The Morgan fingerprint density at radius 2 is 1.44 bits per heavy atom. The number of hydrogen-bond donors (Lipinski definition) is 2. The minimum absolute atomic E-state index is 0.267. The van der Waals surface area contributed by atoms with Gasteiger partial charge >= 0.3 is 0 Å². The van der Waals surface area contributed by atoms with Gasteiger partial charge in [0.25, 0.3) is 0 Å². The van der Waals surface area contributed by atoms with Crippen LogP contribution in [0, 0.1) is 0 Å². The third-order valence-corrected chi connectivity index (χ3v) is 11.0. The van der Waals surface area contributed by atoms with Crippen LogP contribution in [-0.2, 0) is 6.54 Å². The van der Waals surface area contributed by atoms with E-state index in [1.54, 1.807) is 24.2 Å². The van der Waals surface area contributed by atoms with Crippen molar-refractivity contribution < 1.29 is 4.74 Å². The number of halogens is 1. The zero-order chi connectivity index (χ0) is 40.3. The lowest BCUT2D eigenvalue weighted by molar-refractivity contribution is 0.149. The van der Waals surface area contributed by atoms with Gasteiger partial charge in [0.15, 0.2) is 11.3 Å². The highest BCUT2D eigenvalue weighted by molar-refractivity contribution is 9.10. The molecule has 5 aromatic heterocycles. The molecule has 0 unspecified atom stereocenters. The molecule has 0 atom stereocenters. The predicted molar refractivity (Wildman–Crippen MR) is 239 cm³/mol. The molecule has 57 heavy (non-hydrogen) atoms. The summed E-state index contributed by atoms with van der Waals surface area (Å²) in [4.78, 5) is 15.0. The number of nitrogens with zero attached hydrogens (tertiary/aromatic N) is 7. The summed E-state index contributed by atoms with van der Waals surface area (Å²) in [6.45, 7) is 13.3. The van der Waals surface area contributed by atoms with Crippen LogP contribution in [0.3, 0.4) is 0 Å². The first kappa shape index (κ1) is 41.7. The Morgan fingerprint density at radius 1 is 0.789 bits per heavy atom. The summed E-state index contributed by atoms with van der Waals surface area (Å²) in [5.41, 5.74) is 8.20. The third-order valence-electron chi connectivity index (χ3n) is 9.76. The van der Waals surface area contributed by atoms with Gasteiger partial charge in [0.05, 0.1) is 18.1 Å². The second kappa shape index (κ2) is 20.0. The molecule has 7 aromatic rings. The molecule has 0 bridgehead atoms. The molecule has 0 spiro atoms. The van der Waals surface area contributed by atoms with Gasteiger partial charge in [0, 0.05) is 62.8 Å². The predicted octanol–water partition coefficient (Wildman–Crippen LogP) is 12.3. The first-order valence-electron chi connectivity index (χ1n) is 20.0. The molecule has 12 heteroatoms. The van der Waals surface area contributed by atoms with Crippen molar-refractivity contribution in [2.24, 2.45) is 0 Å². The SMILES string of the molecule is CC.CC(C)c1cnn2c(NCc3ccncc3)cc(-c3cccc(Br)c3)nc12.CSc1ccc(Nc2cc(OC3CCCCC3)nc3c(C(C)C)cnn23)cc1. The molecule has 298 valence electrons. The van der Waals surface area contributed by atoms with Crippen LogP contribution in [0.5, 0.6) is 5.88 Å². The fraction of sp³-hybridized carbons (Fsp3) is 0.356. The standard InChI is InChI=1S/C22H28N4OS.C21H20BrN5.C2H6/c1-15(2)19-14-23-26-20(24-16-9-11-18(28-3)12-10-16)13-21(25-22(19)26)27-17-7-5-4-6-8-17;1-14(2)18-13-25-27-20(24-12-15-6-8-23-9-7-15)11-19(26-21(18)27)16-4-3-5-17(22)10-16;1-2/h9-15,17,24H,4-8H2,1-3H3;3-11,13-14,24H,12H2,1-2H3;1-2H3. The summed E-state index contributed by atoms with van der Waals surface area (Å²) in [6.07, 6.45) is 15.8. The number of fused-ring (bicyclic) bond motifs is 2. The monoisotopic (exact) mass is 847 g/mol. The topological polar surface area (TPSA) is 107 Å². The number of ether oxygens (including phenoxy) is 1. The summed E-state index contributed by atoms with van der Waals surface area (Å²) < 4.78 is 11.1. The van der Waals surface area contributed by atoms with E-state index in [4.69, 9.17) is 14.7 Å². The zero-order valence-electron chi connectivity index (χ0n) is 34.0. The average Bonchev–Trinajstić information content (AvgIpc) is 3.88. The lowest BCUT2D eigenvalue weighted by atomic mass is 9.98. The van der Waals surface area contributed by atoms with Gasteiger partial charge in [-0.25, -0.2) is 4.98 Å². The Bertz CT molecular complexity index is 2340. The minimum atomic E-state index is 0.267. The van der Waals surface area contributed by atoms with E-state index in [0.717, 1.165) is 73.9 Å². The largest absolute Gasteiger partial charge is 0.474 e. The van der Waals surface area contributed by atoms with Gasteiger partial charge in [0.1, 0.15) is 17.7 Å². The molecular formula is C45H54BrN9OS. The molecule has 2 aromatic carbocycles. The maximum absolute atomic E-state index is 6.29. The van der Waals surface area contributed by atoms with Crippen molar-refractivity contribution in [1.29, 1.82) is 0 Å². The number of benzene rings is 2. The van der Waals surface area contributed by atoms with E-state index in [0.29, 0.717) is 24.3 Å². The summed E-state index contributed by atoms with van der Waals surface area (Å²) in [5.74, 6) is 3.17. The van der Waals surface area contributed by atoms with Gasteiger partial charge in [-0.2, -0.15) is 24.2 Å². The molecule has 1 saturated carbocycles. The normalized spacial score (nSPS) is 12.9. The molecule has 0 amide bonds. The number of anilines is 3. The van der Waals surface area contributed by atoms with Crippen LogP contribution in [0.25, 0.3) is 22.6 Å². The maximum atomic E-state index is 6.29. The highest BCUT2D eigenvalue weighted by Crippen LogP contribution is 2.31. The van der Waals surface area contributed by atoms with Crippen molar-refractivity contribution in [2.45, 2.75) is 103 Å². The van der Waals surface area contributed by atoms with Crippen molar-refractivity contribution in [3.05, 3.63) is 119 Å². The quantitative estimate of drug-likeness (QED) is 0.123. The molecule has 8 rings (SSSR count). The summed E-state index contributed by atoms with van der Waals surface area (Å²) in [6, 6.07) is 24.6. The summed E-state index contributed by atoms with van der Waals surface area (Å²) >= 11 is 5.29. The van der Waals surface area contributed by atoms with E-state index in [2.05, 4.69) is 112 Å². The first-order valence-corrected chi connectivity index (χ1v) is 22.0. The lowest BCUT2D eigenvalue weighted by Crippen LogP contribution is -2.20. The van der Waals surface area contributed by atoms with Crippen molar-refractivity contribution in [3.8, 4) is 17.1 Å². The van der Waals surface area contributed by atoms with Gasteiger partial charge in [-0.05, 0) is 97.9 Å². The Labute approximate surface area is 349 Å². The Kier molecular flexibility index (Phi) is 14.6. The van der Waals surface area contributed by atoms with Gasteiger partial charge < -0.3 is 15.4 Å². The summed E-state index contributed by atoms with van der Waals surface area (Å²) in [7, 11) is 0. The van der Waals surface area contributed by atoms with Gasteiger partial charge in [-0.1, -0.05) is 76.0 Å². The van der Waals surface area contributed by atoms with Crippen molar-refractivity contribution in [3.63, 3.8) is 0 Å². The fourth-order valence-electron chi connectivity index (χ4n) is 6.69. The number of aromatic nitrogens is 7. The molecule has 1 aliphatic carbocycles. The smallest absolute Gasteiger partial charge is 0.219 e. The molecule has 1 fully saturated rings. The van der Waals surface area contributed by atoms with E-state index in [-0.39, 0.29) is 6.10 Å². The molecule has 0 saturated heterocycles. The third kappa shape index (κ3) is 10.5. The van der Waals surface area contributed by atoms with Crippen molar-refractivity contribution >= 4 is 56.3 Å². The van der Waals surface area contributed by atoms with Crippen LogP contribution < -0.4 is 15.4 Å². The summed E-state index contributed by atoms with van der Waals surface area (Å²) in [5, 5.41) is 16.2. The zero-order valence-corrected chi connectivity index (χ0v) is 36.4. The number of nitrogens with one attached hydrogen (secondary N) is 2. The molecule has 2 N–H and O–H groups in total. The average molecular weight is 849 g/mol. The highest BCUT2D eigenvalue weighted by Gasteiger charge is 2.20. The van der Waals surface area contributed by atoms with Crippen molar-refractivity contribution in [1.82, 2.24) is 34.2 Å². The van der Waals surface area contributed by atoms with E-state index in [1.807, 2.05) is 71.7 Å². The maximum Gasteiger partial charge on any atom is 0.219 e. The number of thioether (sulfide) groups is 1.